The summed E-state index contributed by atoms with van der Waals surface area (Å²) in [6.45, 7) is 1.69. The third-order valence-electron chi connectivity index (χ3n) is 4.24. The molecular formula is C17H23ClN4O2. The van der Waals surface area contributed by atoms with Gasteiger partial charge in [-0.1, -0.05) is 12.1 Å². The summed E-state index contributed by atoms with van der Waals surface area (Å²) >= 11 is 0. The number of nitrogens with one attached hydrogen (secondary N) is 1. The molecule has 0 atom stereocenters. The second-order valence-electron chi connectivity index (χ2n) is 5.89. The van der Waals surface area contributed by atoms with Crippen molar-refractivity contribution in [2.75, 3.05) is 19.8 Å². The van der Waals surface area contributed by atoms with E-state index in [9.17, 15) is 4.79 Å². The average Bonchev–Trinajstić information content (AvgIpc) is 3.10. The van der Waals surface area contributed by atoms with Crippen LogP contribution in [-0.4, -0.2) is 41.0 Å². The highest BCUT2D eigenvalue weighted by Gasteiger charge is 2.35. The van der Waals surface area contributed by atoms with Crippen molar-refractivity contribution in [3.63, 3.8) is 0 Å². The van der Waals surface area contributed by atoms with Gasteiger partial charge in [-0.3, -0.25) is 4.79 Å². The highest BCUT2D eigenvalue weighted by atomic mass is 35.5. The Morgan fingerprint density at radius 1 is 1.29 bits per heavy atom. The molecule has 0 radical (unpaired) electrons. The van der Waals surface area contributed by atoms with Crippen LogP contribution < -0.4 is 11.1 Å². The second-order valence-corrected chi connectivity index (χ2v) is 5.89. The van der Waals surface area contributed by atoms with Crippen molar-refractivity contribution >= 4 is 18.3 Å². The number of benzene rings is 1. The van der Waals surface area contributed by atoms with Gasteiger partial charge in [0, 0.05) is 32.2 Å². The highest BCUT2D eigenvalue weighted by molar-refractivity contribution is 5.86. The number of nitrogens with zero attached hydrogens (tertiary/aromatic N) is 2. The molecule has 0 saturated carbocycles. The number of halogens is 1. The van der Waals surface area contributed by atoms with Crippen LogP contribution in [0.5, 0.6) is 0 Å². The summed E-state index contributed by atoms with van der Waals surface area (Å²) in [7, 11) is 0. The summed E-state index contributed by atoms with van der Waals surface area (Å²) in [5.41, 5.74) is 7.56. The number of nitrogens with two attached hydrogens (primary N) is 1. The lowest BCUT2D eigenvalue weighted by molar-refractivity contribution is -0.129. The molecule has 0 spiro atoms. The first-order valence-electron chi connectivity index (χ1n) is 7.91. The first kappa shape index (κ1) is 18.4. The van der Waals surface area contributed by atoms with Crippen molar-refractivity contribution < 1.29 is 9.53 Å². The molecule has 1 amide bonds. The van der Waals surface area contributed by atoms with Crippen LogP contribution in [0, 0.1) is 0 Å². The Labute approximate surface area is 147 Å². The molecule has 1 saturated heterocycles. The van der Waals surface area contributed by atoms with Gasteiger partial charge >= 0.3 is 0 Å². The molecule has 0 bridgehead atoms. The largest absolute Gasteiger partial charge is 0.381 e. The predicted molar refractivity (Wildman–Crippen MR) is 94.5 cm³/mol. The smallest absolute Gasteiger partial charge is 0.240 e. The molecule has 6 nitrogen and oxygen atoms in total. The number of hydrogen-bond acceptors (Lipinski definition) is 4. The zero-order valence-corrected chi connectivity index (χ0v) is 14.3. The van der Waals surface area contributed by atoms with Crippen LogP contribution >= 0.6 is 12.4 Å². The summed E-state index contributed by atoms with van der Waals surface area (Å²) < 4.78 is 7.08. The topological polar surface area (TPSA) is 82.2 Å². The molecule has 130 valence electrons. The fourth-order valence-electron chi connectivity index (χ4n) is 2.70. The van der Waals surface area contributed by atoms with Crippen LogP contribution in [0.1, 0.15) is 18.4 Å². The second kappa shape index (κ2) is 8.28. The Hall–Kier alpha value is -1.89. The van der Waals surface area contributed by atoms with Crippen LogP contribution in [0.25, 0.3) is 5.69 Å². The van der Waals surface area contributed by atoms with Crippen molar-refractivity contribution in [1.82, 2.24) is 15.1 Å². The maximum atomic E-state index is 12.2. The van der Waals surface area contributed by atoms with E-state index in [4.69, 9.17) is 10.5 Å². The number of rotatable bonds is 5. The van der Waals surface area contributed by atoms with E-state index in [0.29, 0.717) is 32.6 Å². The molecule has 1 aliphatic rings. The molecule has 1 aromatic carbocycles. The Morgan fingerprint density at radius 2 is 2.00 bits per heavy atom. The predicted octanol–water partition coefficient (Wildman–Crippen LogP) is 1.46. The van der Waals surface area contributed by atoms with E-state index in [1.807, 2.05) is 29.1 Å². The number of carbonyl (C=O) groups is 1. The number of ether oxygens (including phenoxy) is 1. The maximum absolute atomic E-state index is 12.2. The van der Waals surface area contributed by atoms with Gasteiger partial charge in [-0.2, -0.15) is 5.10 Å². The van der Waals surface area contributed by atoms with E-state index >= 15 is 0 Å². The van der Waals surface area contributed by atoms with Gasteiger partial charge in [-0.05, 0) is 43.0 Å². The van der Waals surface area contributed by atoms with Gasteiger partial charge in [0.2, 0.25) is 5.91 Å². The molecule has 3 N–H and O–H groups in total. The third-order valence-corrected chi connectivity index (χ3v) is 4.24. The minimum Gasteiger partial charge on any atom is -0.381 e. The van der Waals surface area contributed by atoms with Crippen molar-refractivity contribution in [3.05, 3.63) is 48.3 Å². The van der Waals surface area contributed by atoms with Crippen molar-refractivity contribution in [1.29, 1.82) is 0 Å². The maximum Gasteiger partial charge on any atom is 0.240 e. The average molecular weight is 351 g/mol. The number of aromatic nitrogens is 2. The van der Waals surface area contributed by atoms with Gasteiger partial charge in [-0.15, -0.1) is 12.4 Å². The standard InChI is InChI=1S/C17H22N4O2.ClH/c18-17(7-12-23-13-8-17)16(22)19-10-6-14-2-4-15(5-3-14)21-11-1-9-20-21;/h1-5,9,11H,6-8,10,12-13,18H2,(H,19,22);1H. The van der Waals surface area contributed by atoms with Crippen LogP contribution in [0.15, 0.2) is 42.7 Å². The van der Waals surface area contributed by atoms with E-state index in [0.717, 1.165) is 12.1 Å². The first-order chi connectivity index (χ1) is 11.2. The zero-order valence-electron chi connectivity index (χ0n) is 13.5. The quantitative estimate of drug-likeness (QED) is 0.855. The van der Waals surface area contributed by atoms with E-state index in [1.165, 1.54) is 5.56 Å². The Bertz CT molecular complexity index is 637. The molecule has 0 aliphatic carbocycles. The molecule has 1 aliphatic heterocycles. The van der Waals surface area contributed by atoms with Crippen LogP contribution in [-0.2, 0) is 16.0 Å². The van der Waals surface area contributed by atoms with Gasteiger partial charge in [-0.25, -0.2) is 4.68 Å². The van der Waals surface area contributed by atoms with E-state index in [1.54, 1.807) is 6.20 Å². The minimum absolute atomic E-state index is 0. The third kappa shape index (κ3) is 4.35. The lowest BCUT2D eigenvalue weighted by atomic mass is 9.90. The van der Waals surface area contributed by atoms with Crippen molar-refractivity contribution in [2.45, 2.75) is 24.8 Å². The molecule has 2 aromatic rings. The van der Waals surface area contributed by atoms with E-state index in [-0.39, 0.29) is 18.3 Å². The first-order valence-corrected chi connectivity index (χ1v) is 7.91. The number of carbonyl (C=O) groups excluding carboxylic acids is 1. The van der Waals surface area contributed by atoms with Gasteiger partial charge in [0.1, 0.15) is 0 Å². The Kier molecular flexibility index (Phi) is 6.36. The minimum atomic E-state index is -0.776. The van der Waals surface area contributed by atoms with Crippen LogP contribution in [0.3, 0.4) is 0 Å². The molecule has 3 rings (SSSR count). The van der Waals surface area contributed by atoms with Gasteiger partial charge in [0.15, 0.2) is 0 Å². The molecule has 2 heterocycles. The summed E-state index contributed by atoms with van der Waals surface area (Å²) in [6, 6.07) is 10.0. The summed E-state index contributed by atoms with van der Waals surface area (Å²) in [6.07, 6.45) is 5.60. The summed E-state index contributed by atoms with van der Waals surface area (Å²) in [5, 5.41) is 7.14. The fraction of sp³-hybridized carbons (Fsp3) is 0.412. The number of amides is 1. The van der Waals surface area contributed by atoms with Gasteiger partial charge in [0.25, 0.3) is 0 Å². The van der Waals surface area contributed by atoms with Crippen LogP contribution in [0.2, 0.25) is 0 Å². The lowest BCUT2D eigenvalue weighted by Gasteiger charge is -2.31. The fourth-order valence-corrected chi connectivity index (χ4v) is 2.70. The molecule has 7 heteroatoms. The van der Waals surface area contributed by atoms with Crippen molar-refractivity contribution in [3.8, 4) is 5.69 Å². The van der Waals surface area contributed by atoms with Crippen molar-refractivity contribution in [2.24, 2.45) is 5.73 Å². The summed E-state index contributed by atoms with van der Waals surface area (Å²) in [5.74, 6) is -0.0750. The Morgan fingerprint density at radius 3 is 2.62 bits per heavy atom. The molecule has 0 unspecified atom stereocenters. The number of hydrogen-bond donors (Lipinski definition) is 2. The molecule has 24 heavy (non-hydrogen) atoms. The zero-order chi connectivity index (χ0) is 16.1. The monoisotopic (exact) mass is 350 g/mol. The molecule has 1 aromatic heterocycles. The highest BCUT2D eigenvalue weighted by Crippen LogP contribution is 2.17. The normalized spacial score (nSPS) is 16.2. The van der Waals surface area contributed by atoms with Gasteiger partial charge < -0.3 is 15.8 Å². The SMILES string of the molecule is Cl.NC1(C(=O)NCCc2ccc(-n3cccn3)cc2)CCOCC1. The Balaban J connectivity index is 0.00000208. The van der Waals surface area contributed by atoms with Crippen LogP contribution in [0.4, 0.5) is 0 Å². The van der Waals surface area contributed by atoms with E-state index in [2.05, 4.69) is 22.5 Å². The lowest BCUT2D eigenvalue weighted by Crippen LogP contribution is -2.57. The van der Waals surface area contributed by atoms with E-state index < -0.39 is 5.54 Å². The summed E-state index contributed by atoms with van der Waals surface area (Å²) in [4.78, 5) is 12.2. The van der Waals surface area contributed by atoms with Gasteiger partial charge in [0.05, 0.1) is 11.2 Å². The molecular weight excluding hydrogens is 328 g/mol. The molecule has 1 fully saturated rings.